The SMILES string of the molecule is O=C(O)CC(NC(=O)OCC1c2ccccc2-c2ccccc21)C(=O)Nc1ccc(F)c(Cl)c1. The normalized spacial score (nSPS) is 12.9. The zero-order valence-corrected chi connectivity index (χ0v) is 18.5. The van der Waals surface area contributed by atoms with Gasteiger partial charge in [0.1, 0.15) is 18.5 Å². The Labute approximate surface area is 199 Å². The number of nitrogens with one attached hydrogen (secondary N) is 2. The number of hydrogen-bond donors (Lipinski definition) is 3. The molecule has 2 amide bonds. The topological polar surface area (TPSA) is 105 Å². The van der Waals surface area contributed by atoms with Crippen molar-refractivity contribution in [1.82, 2.24) is 5.32 Å². The van der Waals surface area contributed by atoms with Gasteiger partial charge < -0.3 is 20.5 Å². The molecule has 9 heteroatoms. The van der Waals surface area contributed by atoms with Crippen LogP contribution in [0.4, 0.5) is 14.9 Å². The number of benzene rings is 3. The second kappa shape index (κ2) is 9.93. The van der Waals surface area contributed by atoms with Crippen molar-refractivity contribution < 1.29 is 28.6 Å². The number of amides is 2. The van der Waals surface area contributed by atoms with E-state index in [9.17, 15) is 23.9 Å². The van der Waals surface area contributed by atoms with Crippen molar-refractivity contribution in [1.29, 1.82) is 0 Å². The van der Waals surface area contributed by atoms with Crippen molar-refractivity contribution in [3.05, 3.63) is 88.7 Å². The number of ether oxygens (including phenoxy) is 1. The molecule has 174 valence electrons. The predicted molar refractivity (Wildman–Crippen MR) is 124 cm³/mol. The van der Waals surface area contributed by atoms with Crippen molar-refractivity contribution in [2.45, 2.75) is 18.4 Å². The van der Waals surface area contributed by atoms with Crippen LogP contribution in [0.3, 0.4) is 0 Å². The first-order valence-electron chi connectivity index (χ1n) is 10.4. The molecule has 3 N–H and O–H groups in total. The summed E-state index contributed by atoms with van der Waals surface area (Å²) in [7, 11) is 0. The molecular formula is C25H20ClFN2O5. The molecule has 4 rings (SSSR count). The summed E-state index contributed by atoms with van der Waals surface area (Å²) >= 11 is 5.71. The van der Waals surface area contributed by atoms with E-state index >= 15 is 0 Å². The summed E-state index contributed by atoms with van der Waals surface area (Å²) in [6.07, 6.45) is -1.61. The molecule has 0 radical (unpaired) electrons. The standard InChI is InChI=1S/C25H20ClFN2O5/c26-20-11-14(9-10-21(20)27)28-24(32)22(12-23(30)31)29-25(33)34-13-19-17-7-3-1-5-15(17)16-6-2-4-8-18(16)19/h1-11,19,22H,12-13H2,(H,28,32)(H,29,33)(H,30,31). The minimum Gasteiger partial charge on any atom is -0.481 e. The molecule has 1 aliphatic rings. The quantitative estimate of drug-likeness (QED) is 0.448. The summed E-state index contributed by atoms with van der Waals surface area (Å²) in [4.78, 5) is 36.3. The van der Waals surface area contributed by atoms with Gasteiger partial charge in [-0.15, -0.1) is 0 Å². The highest BCUT2D eigenvalue weighted by atomic mass is 35.5. The number of carboxylic acid groups (broad SMARTS) is 1. The van der Waals surface area contributed by atoms with Crippen LogP contribution in [-0.2, 0) is 14.3 Å². The second-order valence-corrected chi connectivity index (χ2v) is 8.15. The third kappa shape index (κ3) is 5.02. The van der Waals surface area contributed by atoms with Gasteiger partial charge in [0.05, 0.1) is 11.4 Å². The first kappa shape index (κ1) is 23.3. The van der Waals surface area contributed by atoms with Crippen LogP contribution < -0.4 is 10.6 Å². The van der Waals surface area contributed by atoms with E-state index in [1.807, 2.05) is 48.5 Å². The number of anilines is 1. The van der Waals surface area contributed by atoms with Gasteiger partial charge in [-0.2, -0.15) is 0 Å². The number of alkyl carbamates (subject to hydrolysis) is 1. The largest absolute Gasteiger partial charge is 0.481 e. The molecule has 0 heterocycles. The lowest BCUT2D eigenvalue weighted by atomic mass is 9.98. The number of rotatable bonds is 7. The van der Waals surface area contributed by atoms with Crippen molar-refractivity contribution in [2.75, 3.05) is 11.9 Å². The number of carboxylic acids is 1. The van der Waals surface area contributed by atoms with E-state index in [-0.39, 0.29) is 23.2 Å². The number of hydrogen-bond acceptors (Lipinski definition) is 4. The first-order valence-corrected chi connectivity index (χ1v) is 10.8. The summed E-state index contributed by atoms with van der Waals surface area (Å²) in [6, 6.07) is 17.7. The van der Waals surface area contributed by atoms with E-state index in [2.05, 4.69) is 10.6 Å². The van der Waals surface area contributed by atoms with Gasteiger partial charge in [-0.05, 0) is 40.5 Å². The number of carbonyl (C=O) groups is 3. The Hall–Kier alpha value is -3.91. The molecule has 0 saturated carbocycles. The third-order valence-electron chi connectivity index (χ3n) is 5.52. The van der Waals surface area contributed by atoms with Crippen LogP contribution in [0.1, 0.15) is 23.5 Å². The average Bonchev–Trinajstić information content (AvgIpc) is 3.13. The number of carbonyl (C=O) groups excluding carboxylic acids is 2. The van der Waals surface area contributed by atoms with Crippen LogP contribution in [0.15, 0.2) is 66.7 Å². The van der Waals surface area contributed by atoms with Gasteiger partial charge >= 0.3 is 12.1 Å². The van der Waals surface area contributed by atoms with Crippen LogP contribution in [-0.4, -0.2) is 35.7 Å². The van der Waals surface area contributed by atoms with E-state index in [1.54, 1.807) is 0 Å². The highest BCUT2D eigenvalue weighted by Gasteiger charge is 2.30. The molecule has 7 nitrogen and oxygen atoms in total. The molecule has 34 heavy (non-hydrogen) atoms. The first-order chi connectivity index (χ1) is 16.3. The molecule has 0 saturated heterocycles. The van der Waals surface area contributed by atoms with Gasteiger partial charge in [0.2, 0.25) is 5.91 Å². The van der Waals surface area contributed by atoms with Crippen LogP contribution in [0.5, 0.6) is 0 Å². The van der Waals surface area contributed by atoms with E-state index in [0.717, 1.165) is 28.3 Å². The van der Waals surface area contributed by atoms with Gasteiger partial charge in [0.25, 0.3) is 0 Å². The summed E-state index contributed by atoms with van der Waals surface area (Å²) in [6.45, 7) is 0.00877. The number of halogens is 2. The van der Waals surface area contributed by atoms with Crippen molar-refractivity contribution >= 4 is 35.3 Å². The molecule has 0 bridgehead atoms. The van der Waals surface area contributed by atoms with Crippen molar-refractivity contribution in [3.8, 4) is 11.1 Å². The Morgan fingerprint density at radius 2 is 1.62 bits per heavy atom. The maximum atomic E-state index is 13.3. The summed E-state index contributed by atoms with van der Waals surface area (Å²) in [5.74, 6) is -2.96. The van der Waals surface area contributed by atoms with Gasteiger partial charge in [-0.3, -0.25) is 9.59 Å². The van der Waals surface area contributed by atoms with Crippen LogP contribution >= 0.6 is 11.6 Å². The smallest absolute Gasteiger partial charge is 0.407 e. The fourth-order valence-corrected chi connectivity index (χ4v) is 4.15. The highest BCUT2D eigenvalue weighted by Crippen LogP contribution is 2.44. The third-order valence-corrected chi connectivity index (χ3v) is 5.81. The summed E-state index contributed by atoms with van der Waals surface area (Å²) in [5.41, 5.74) is 4.32. The second-order valence-electron chi connectivity index (χ2n) is 7.74. The van der Waals surface area contributed by atoms with Gasteiger partial charge in [-0.25, -0.2) is 9.18 Å². The Bertz CT molecular complexity index is 1220. The highest BCUT2D eigenvalue weighted by molar-refractivity contribution is 6.31. The zero-order valence-electron chi connectivity index (χ0n) is 17.8. The lowest BCUT2D eigenvalue weighted by Gasteiger charge is -2.19. The van der Waals surface area contributed by atoms with E-state index in [1.165, 1.54) is 12.1 Å². The molecule has 1 unspecified atom stereocenters. The van der Waals surface area contributed by atoms with Gasteiger partial charge in [0, 0.05) is 11.6 Å². The fourth-order valence-electron chi connectivity index (χ4n) is 3.97. The molecule has 1 aliphatic carbocycles. The van der Waals surface area contributed by atoms with Gasteiger partial charge in [0.15, 0.2) is 0 Å². The van der Waals surface area contributed by atoms with Crippen LogP contribution in [0.2, 0.25) is 5.02 Å². The van der Waals surface area contributed by atoms with Crippen LogP contribution in [0, 0.1) is 5.82 Å². The Morgan fingerprint density at radius 1 is 1.00 bits per heavy atom. The molecule has 0 spiro atoms. The lowest BCUT2D eigenvalue weighted by molar-refractivity contribution is -0.139. The Balaban J connectivity index is 1.43. The molecule has 3 aromatic rings. The minimum absolute atomic E-state index is 0.00877. The average molecular weight is 483 g/mol. The van der Waals surface area contributed by atoms with Crippen LogP contribution in [0.25, 0.3) is 11.1 Å². The Morgan fingerprint density at radius 3 is 2.21 bits per heavy atom. The van der Waals surface area contributed by atoms with E-state index < -0.39 is 36.2 Å². The predicted octanol–water partition coefficient (Wildman–Crippen LogP) is 4.80. The molecular weight excluding hydrogens is 463 g/mol. The Kier molecular flexibility index (Phi) is 6.79. The minimum atomic E-state index is -1.42. The van der Waals surface area contributed by atoms with E-state index in [4.69, 9.17) is 16.3 Å². The molecule has 0 fully saturated rings. The number of aliphatic carboxylic acids is 1. The molecule has 1 atom stereocenters. The van der Waals surface area contributed by atoms with Gasteiger partial charge in [-0.1, -0.05) is 60.1 Å². The van der Waals surface area contributed by atoms with E-state index in [0.29, 0.717) is 0 Å². The van der Waals surface area contributed by atoms with Crippen molar-refractivity contribution in [3.63, 3.8) is 0 Å². The molecule has 0 aliphatic heterocycles. The molecule has 3 aromatic carbocycles. The number of fused-ring (bicyclic) bond motifs is 3. The lowest BCUT2D eigenvalue weighted by Crippen LogP contribution is -2.45. The molecule has 0 aromatic heterocycles. The summed E-state index contributed by atoms with van der Waals surface area (Å²) < 4.78 is 18.7. The maximum absolute atomic E-state index is 13.3. The summed E-state index contributed by atoms with van der Waals surface area (Å²) in [5, 5.41) is 13.7. The maximum Gasteiger partial charge on any atom is 0.407 e. The van der Waals surface area contributed by atoms with Crippen molar-refractivity contribution in [2.24, 2.45) is 0 Å². The fraction of sp³-hybridized carbons (Fsp3) is 0.160. The monoisotopic (exact) mass is 482 g/mol. The zero-order chi connectivity index (χ0) is 24.2.